The molecule has 1 atom stereocenters. The highest BCUT2D eigenvalue weighted by Crippen LogP contribution is 2.20. The fourth-order valence-corrected chi connectivity index (χ4v) is 3.35. The van der Waals surface area contributed by atoms with E-state index in [1.54, 1.807) is 18.2 Å². The van der Waals surface area contributed by atoms with Gasteiger partial charge in [0.05, 0.1) is 20.6 Å². The predicted octanol–water partition coefficient (Wildman–Crippen LogP) is 0.674. The van der Waals surface area contributed by atoms with E-state index in [0.717, 1.165) is 4.31 Å². The van der Waals surface area contributed by atoms with Crippen LogP contribution in [0.4, 0.5) is 0 Å². The highest BCUT2D eigenvalue weighted by molar-refractivity contribution is 7.90. The first kappa shape index (κ1) is 12.4. The summed E-state index contributed by atoms with van der Waals surface area (Å²) in [6.07, 6.45) is 1.46. The van der Waals surface area contributed by atoms with Gasteiger partial charge in [0.1, 0.15) is 0 Å². The third-order valence-electron chi connectivity index (χ3n) is 1.92. The molecule has 0 N–H and O–H groups in total. The van der Waals surface area contributed by atoms with Crippen molar-refractivity contribution in [3.8, 4) is 0 Å². The van der Waals surface area contributed by atoms with Crippen molar-refractivity contribution in [1.29, 1.82) is 0 Å². The lowest BCUT2D eigenvalue weighted by atomic mass is 10.4. The molecule has 0 heterocycles. The van der Waals surface area contributed by atoms with Crippen LogP contribution in [0.15, 0.2) is 34.1 Å². The van der Waals surface area contributed by atoms with Crippen molar-refractivity contribution in [3.63, 3.8) is 0 Å². The molecule has 0 spiro atoms. The summed E-state index contributed by atoms with van der Waals surface area (Å²) in [5, 5.41) is 0. The van der Waals surface area contributed by atoms with Crippen LogP contribution < -0.4 is 0 Å². The molecule has 6 heteroatoms. The first-order valence-corrected chi connectivity index (χ1v) is 7.22. The van der Waals surface area contributed by atoms with Crippen LogP contribution in [-0.2, 0) is 20.8 Å². The summed E-state index contributed by atoms with van der Waals surface area (Å²) in [5.41, 5.74) is 0. The van der Waals surface area contributed by atoms with Crippen molar-refractivity contribution in [1.82, 2.24) is 4.31 Å². The van der Waals surface area contributed by atoms with Gasteiger partial charge in [0.25, 0.3) is 0 Å². The van der Waals surface area contributed by atoms with Crippen molar-refractivity contribution in [2.45, 2.75) is 9.79 Å². The van der Waals surface area contributed by atoms with E-state index in [-0.39, 0.29) is 4.90 Å². The first-order chi connectivity index (χ1) is 6.87. The zero-order valence-electron chi connectivity index (χ0n) is 8.80. The monoisotopic (exact) mass is 247 g/mol. The molecule has 0 aliphatic rings. The Morgan fingerprint density at radius 1 is 1.20 bits per heavy atom. The van der Waals surface area contributed by atoms with Crippen molar-refractivity contribution < 1.29 is 12.6 Å². The average molecular weight is 247 g/mol. The van der Waals surface area contributed by atoms with E-state index in [1.807, 2.05) is 0 Å². The smallest absolute Gasteiger partial charge is 0.243 e. The molecule has 4 nitrogen and oxygen atoms in total. The van der Waals surface area contributed by atoms with Crippen LogP contribution in [0.3, 0.4) is 0 Å². The van der Waals surface area contributed by atoms with Gasteiger partial charge in [-0.1, -0.05) is 12.1 Å². The quantitative estimate of drug-likeness (QED) is 0.789. The molecule has 84 valence electrons. The standard InChI is InChI=1S/C9H13NO3S2/c1-10(2)15(12,13)9-7-5-4-6-8(9)14(3)11/h4-7H,1-3H3. The second kappa shape index (κ2) is 4.42. The second-order valence-corrected chi connectivity index (χ2v) is 6.66. The van der Waals surface area contributed by atoms with Gasteiger partial charge in [-0.3, -0.25) is 4.21 Å². The van der Waals surface area contributed by atoms with E-state index >= 15 is 0 Å². The van der Waals surface area contributed by atoms with Crippen LogP contribution in [0.1, 0.15) is 0 Å². The number of sulfonamides is 1. The largest absolute Gasteiger partial charge is 0.255 e. The average Bonchev–Trinajstić information content (AvgIpc) is 2.17. The Labute approximate surface area is 92.4 Å². The van der Waals surface area contributed by atoms with Gasteiger partial charge in [0.2, 0.25) is 10.0 Å². The number of benzene rings is 1. The normalized spacial score (nSPS) is 14.1. The van der Waals surface area contributed by atoms with Crippen molar-refractivity contribution in [2.24, 2.45) is 0 Å². The van der Waals surface area contributed by atoms with E-state index < -0.39 is 20.8 Å². The summed E-state index contributed by atoms with van der Waals surface area (Å²) < 4.78 is 36.2. The first-order valence-electron chi connectivity index (χ1n) is 4.22. The molecule has 0 aliphatic carbocycles. The van der Waals surface area contributed by atoms with E-state index in [0.29, 0.717) is 4.90 Å². The van der Waals surface area contributed by atoms with Crippen LogP contribution in [0.2, 0.25) is 0 Å². The molecular formula is C9H13NO3S2. The Balaban J connectivity index is 3.45. The molecular weight excluding hydrogens is 234 g/mol. The van der Waals surface area contributed by atoms with E-state index in [9.17, 15) is 12.6 Å². The highest BCUT2D eigenvalue weighted by atomic mass is 32.2. The zero-order valence-corrected chi connectivity index (χ0v) is 10.4. The van der Waals surface area contributed by atoms with Crippen molar-refractivity contribution in [2.75, 3.05) is 20.4 Å². The van der Waals surface area contributed by atoms with Crippen LogP contribution in [-0.4, -0.2) is 37.3 Å². The maximum Gasteiger partial charge on any atom is 0.243 e. The van der Waals surface area contributed by atoms with E-state index in [4.69, 9.17) is 0 Å². The molecule has 1 rings (SSSR count). The molecule has 1 unspecified atom stereocenters. The van der Waals surface area contributed by atoms with Gasteiger partial charge in [-0.25, -0.2) is 12.7 Å². The second-order valence-electron chi connectivity index (χ2n) is 3.19. The molecule has 0 aromatic heterocycles. The third-order valence-corrected chi connectivity index (χ3v) is 4.90. The number of nitrogens with zero attached hydrogens (tertiary/aromatic N) is 1. The van der Waals surface area contributed by atoms with Gasteiger partial charge in [-0.15, -0.1) is 0 Å². The number of rotatable bonds is 3. The predicted molar refractivity (Wildman–Crippen MR) is 59.6 cm³/mol. The van der Waals surface area contributed by atoms with E-state index in [1.165, 1.54) is 26.4 Å². The minimum Gasteiger partial charge on any atom is -0.255 e. The minimum atomic E-state index is -3.51. The van der Waals surface area contributed by atoms with Crippen molar-refractivity contribution in [3.05, 3.63) is 24.3 Å². The van der Waals surface area contributed by atoms with Gasteiger partial charge in [0.15, 0.2) is 0 Å². The SMILES string of the molecule is CN(C)S(=O)(=O)c1ccccc1S(C)=O. The summed E-state index contributed by atoms with van der Waals surface area (Å²) in [6, 6.07) is 6.32. The molecule has 0 saturated heterocycles. The Bertz CT molecular complexity index is 480. The lowest BCUT2D eigenvalue weighted by molar-refractivity contribution is 0.518. The summed E-state index contributed by atoms with van der Waals surface area (Å²) in [5.74, 6) is 0. The molecule has 0 aliphatic heterocycles. The zero-order chi connectivity index (χ0) is 11.6. The number of hydrogen-bond acceptors (Lipinski definition) is 3. The fourth-order valence-electron chi connectivity index (χ4n) is 1.10. The van der Waals surface area contributed by atoms with Crippen molar-refractivity contribution >= 4 is 20.8 Å². The molecule has 0 saturated carbocycles. The van der Waals surface area contributed by atoms with Gasteiger partial charge in [-0.05, 0) is 12.1 Å². The molecule has 0 amide bonds. The third kappa shape index (κ3) is 2.45. The Kier molecular flexibility index (Phi) is 3.64. The van der Waals surface area contributed by atoms with Gasteiger partial charge in [-0.2, -0.15) is 0 Å². The molecule has 0 radical (unpaired) electrons. The Hall–Kier alpha value is -0.720. The van der Waals surface area contributed by atoms with Crippen LogP contribution in [0.25, 0.3) is 0 Å². The van der Waals surface area contributed by atoms with Crippen LogP contribution in [0.5, 0.6) is 0 Å². The van der Waals surface area contributed by atoms with Gasteiger partial charge >= 0.3 is 0 Å². The lowest BCUT2D eigenvalue weighted by Gasteiger charge is -2.13. The van der Waals surface area contributed by atoms with Gasteiger partial charge in [0, 0.05) is 20.4 Å². The molecule has 0 fully saturated rings. The minimum absolute atomic E-state index is 0.107. The maximum atomic E-state index is 11.8. The fraction of sp³-hybridized carbons (Fsp3) is 0.333. The van der Waals surface area contributed by atoms with E-state index in [2.05, 4.69) is 0 Å². The van der Waals surface area contributed by atoms with Crippen LogP contribution in [0, 0.1) is 0 Å². The maximum absolute atomic E-state index is 11.8. The topological polar surface area (TPSA) is 54.5 Å². The lowest BCUT2D eigenvalue weighted by Crippen LogP contribution is -2.23. The summed E-state index contributed by atoms with van der Waals surface area (Å²) in [7, 11) is -1.92. The number of hydrogen-bond donors (Lipinski definition) is 0. The summed E-state index contributed by atoms with van der Waals surface area (Å²) in [6.45, 7) is 0. The highest BCUT2D eigenvalue weighted by Gasteiger charge is 2.21. The molecule has 1 aromatic carbocycles. The van der Waals surface area contributed by atoms with Gasteiger partial charge < -0.3 is 0 Å². The Morgan fingerprint density at radius 3 is 2.20 bits per heavy atom. The molecule has 1 aromatic rings. The Morgan fingerprint density at radius 2 is 1.73 bits per heavy atom. The summed E-state index contributed by atoms with van der Waals surface area (Å²) >= 11 is 0. The summed E-state index contributed by atoms with van der Waals surface area (Å²) in [4.78, 5) is 0.446. The molecule has 0 bridgehead atoms. The molecule has 15 heavy (non-hydrogen) atoms. The van der Waals surface area contributed by atoms with Crippen LogP contribution >= 0.6 is 0 Å².